The minimum atomic E-state index is -0.844. The lowest BCUT2D eigenvalue weighted by Crippen LogP contribution is -2.45. The molecule has 1 unspecified atom stereocenters. The molecule has 0 bridgehead atoms. The minimum Gasteiger partial charge on any atom is -0.462 e. The van der Waals surface area contributed by atoms with E-state index in [1.165, 1.54) is 6.92 Å². The zero-order valence-electron chi connectivity index (χ0n) is 9.56. The minimum absolute atomic E-state index is 0.122. The average Bonchev–Trinajstić information content (AvgIpc) is 2.32. The number of carbonyl (C=O) groups excluding carboxylic acids is 3. The molecule has 5 N–H and O–H groups in total. The van der Waals surface area contributed by atoms with E-state index >= 15 is 0 Å². The van der Waals surface area contributed by atoms with Gasteiger partial charge in [-0.25, -0.2) is 4.79 Å². The summed E-state index contributed by atoms with van der Waals surface area (Å²) in [4.78, 5) is 33.1. The van der Waals surface area contributed by atoms with Crippen LogP contribution >= 0.6 is 0 Å². The van der Waals surface area contributed by atoms with Crippen LogP contribution in [0.3, 0.4) is 0 Å². The van der Waals surface area contributed by atoms with Crippen molar-refractivity contribution in [2.45, 2.75) is 13.0 Å². The Labute approximate surface area is 98.5 Å². The van der Waals surface area contributed by atoms with Crippen molar-refractivity contribution in [3.05, 3.63) is 0 Å². The summed E-state index contributed by atoms with van der Waals surface area (Å²) >= 11 is 0. The Hall–Kier alpha value is -1.67. The Bertz CT molecular complexity index is 282. The van der Waals surface area contributed by atoms with Gasteiger partial charge in [0.05, 0.1) is 19.7 Å². The summed E-state index contributed by atoms with van der Waals surface area (Å²) in [5.74, 6) is -1.64. The van der Waals surface area contributed by atoms with Crippen LogP contribution in [-0.2, 0) is 19.1 Å². The largest absolute Gasteiger partial charge is 0.462 e. The number of ether oxygens (including phenoxy) is 1. The van der Waals surface area contributed by atoms with Crippen LogP contribution < -0.4 is 16.4 Å². The second-order valence-electron chi connectivity index (χ2n) is 3.16. The zero-order valence-corrected chi connectivity index (χ0v) is 9.56. The Kier molecular flexibility index (Phi) is 7.65. The molecule has 8 nitrogen and oxygen atoms in total. The second kappa shape index (κ2) is 8.48. The van der Waals surface area contributed by atoms with Gasteiger partial charge in [0.1, 0.15) is 12.6 Å². The molecule has 0 saturated heterocycles. The summed E-state index contributed by atoms with van der Waals surface area (Å²) in [6.07, 6.45) is 0. The van der Waals surface area contributed by atoms with Crippen molar-refractivity contribution in [2.24, 2.45) is 5.73 Å². The maximum Gasteiger partial charge on any atom is 0.328 e. The Balaban J connectivity index is 3.86. The molecule has 0 heterocycles. The quantitative estimate of drug-likeness (QED) is 0.357. The molecule has 17 heavy (non-hydrogen) atoms. The molecule has 0 saturated carbocycles. The van der Waals surface area contributed by atoms with Crippen molar-refractivity contribution in [3.63, 3.8) is 0 Å². The van der Waals surface area contributed by atoms with Gasteiger partial charge >= 0.3 is 5.97 Å². The third kappa shape index (κ3) is 7.25. The van der Waals surface area contributed by atoms with Crippen LogP contribution in [0.25, 0.3) is 0 Å². The number of nitrogens with one attached hydrogen (secondary N) is 2. The SMILES string of the molecule is CC(NC(=O)CNC(=O)CN)C(=O)OCCO. The smallest absolute Gasteiger partial charge is 0.328 e. The van der Waals surface area contributed by atoms with Crippen molar-refractivity contribution in [3.8, 4) is 0 Å². The fraction of sp³-hybridized carbons (Fsp3) is 0.667. The van der Waals surface area contributed by atoms with Gasteiger partial charge in [-0.1, -0.05) is 0 Å². The summed E-state index contributed by atoms with van der Waals surface area (Å²) < 4.78 is 4.59. The van der Waals surface area contributed by atoms with E-state index in [2.05, 4.69) is 15.4 Å². The molecule has 98 valence electrons. The Morgan fingerprint density at radius 3 is 2.53 bits per heavy atom. The summed E-state index contributed by atoms with van der Waals surface area (Å²) in [7, 11) is 0. The summed E-state index contributed by atoms with van der Waals surface area (Å²) in [5.41, 5.74) is 5.02. The summed E-state index contributed by atoms with van der Waals surface area (Å²) in [5, 5.41) is 13.0. The first kappa shape index (κ1) is 15.3. The fourth-order valence-electron chi connectivity index (χ4n) is 0.874. The van der Waals surface area contributed by atoms with E-state index in [4.69, 9.17) is 10.8 Å². The van der Waals surface area contributed by atoms with Crippen LogP contribution in [0.1, 0.15) is 6.92 Å². The van der Waals surface area contributed by atoms with E-state index in [-0.39, 0.29) is 26.3 Å². The van der Waals surface area contributed by atoms with Gasteiger partial charge in [-0.15, -0.1) is 0 Å². The van der Waals surface area contributed by atoms with Crippen LogP contribution in [0.4, 0.5) is 0 Å². The number of carbonyl (C=O) groups is 3. The van der Waals surface area contributed by atoms with Crippen LogP contribution in [0, 0.1) is 0 Å². The molecule has 0 aromatic carbocycles. The lowest BCUT2D eigenvalue weighted by molar-refractivity contribution is -0.148. The summed E-state index contributed by atoms with van der Waals surface area (Å²) in [6.45, 7) is 0.569. The molecular weight excluding hydrogens is 230 g/mol. The molecular formula is C9H17N3O5. The third-order valence-corrected chi connectivity index (χ3v) is 1.70. The van der Waals surface area contributed by atoms with Gasteiger partial charge in [-0.3, -0.25) is 9.59 Å². The van der Waals surface area contributed by atoms with E-state index in [9.17, 15) is 14.4 Å². The first-order chi connectivity index (χ1) is 8.01. The molecule has 0 aliphatic heterocycles. The normalized spacial score (nSPS) is 11.5. The zero-order chi connectivity index (χ0) is 13.3. The standard InChI is InChI=1S/C9H17N3O5/c1-6(9(16)17-3-2-13)12-8(15)5-11-7(14)4-10/h6,13H,2-5,10H2,1H3,(H,11,14)(H,12,15). The van der Waals surface area contributed by atoms with Gasteiger partial charge in [0.15, 0.2) is 0 Å². The number of rotatable bonds is 7. The highest BCUT2D eigenvalue weighted by Gasteiger charge is 2.16. The molecule has 8 heteroatoms. The number of amides is 2. The monoisotopic (exact) mass is 247 g/mol. The Morgan fingerprint density at radius 1 is 1.35 bits per heavy atom. The average molecular weight is 247 g/mol. The van der Waals surface area contributed by atoms with Crippen LogP contribution in [-0.4, -0.2) is 55.2 Å². The van der Waals surface area contributed by atoms with E-state index in [1.54, 1.807) is 0 Å². The number of esters is 1. The number of aliphatic hydroxyl groups excluding tert-OH is 1. The van der Waals surface area contributed by atoms with Gasteiger partial charge in [-0.05, 0) is 6.92 Å². The van der Waals surface area contributed by atoms with Crippen molar-refractivity contribution >= 4 is 17.8 Å². The fourth-order valence-corrected chi connectivity index (χ4v) is 0.874. The molecule has 0 aromatic heterocycles. The van der Waals surface area contributed by atoms with E-state index < -0.39 is 23.8 Å². The van der Waals surface area contributed by atoms with Gasteiger partial charge < -0.3 is 26.2 Å². The maximum atomic E-state index is 11.2. The number of hydrogen-bond donors (Lipinski definition) is 4. The van der Waals surface area contributed by atoms with E-state index in [1.807, 2.05) is 0 Å². The second-order valence-corrected chi connectivity index (χ2v) is 3.16. The molecule has 0 spiro atoms. The third-order valence-electron chi connectivity index (χ3n) is 1.70. The highest BCUT2D eigenvalue weighted by Crippen LogP contribution is 1.87. The molecule has 2 amide bonds. The Morgan fingerprint density at radius 2 is 2.00 bits per heavy atom. The molecule has 0 aliphatic carbocycles. The topological polar surface area (TPSA) is 131 Å². The predicted molar refractivity (Wildman–Crippen MR) is 57.7 cm³/mol. The van der Waals surface area contributed by atoms with Crippen molar-refractivity contribution in [1.29, 1.82) is 0 Å². The highest BCUT2D eigenvalue weighted by atomic mass is 16.5. The number of hydrogen-bond acceptors (Lipinski definition) is 6. The first-order valence-electron chi connectivity index (χ1n) is 5.05. The van der Waals surface area contributed by atoms with Crippen LogP contribution in [0.2, 0.25) is 0 Å². The first-order valence-corrected chi connectivity index (χ1v) is 5.05. The molecule has 0 aromatic rings. The molecule has 0 radical (unpaired) electrons. The van der Waals surface area contributed by atoms with Crippen LogP contribution in [0.5, 0.6) is 0 Å². The highest BCUT2D eigenvalue weighted by molar-refractivity contribution is 5.88. The van der Waals surface area contributed by atoms with E-state index in [0.29, 0.717) is 0 Å². The van der Waals surface area contributed by atoms with Crippen LogP contribution in [0.15, 0.2) is 0 Å². The molecule has 0 rings (SSSR count). The van der Waals surface area contributed by atoms with Crippen molar-refractivity contribution < 1.29 is 24.2 Å². The van der Waals surface area contributed by atoms with Crippen molar-refractivity contribution in [2.75, 3.05) is 26.3 Å². The van der Waals surface area contributed by atoms with Gasteiger partial charge in [0, 0.05) is 0 Å². The molecule has 0 fully saturated rings. The molecule has 1 atom stereocenters. The summed E-state index contributed by atoms with van der Waals surface area (Å²) in [6, 6.07) is -0.844. The van der Waals surface area contributed by atoms with Gasteiger partial charge in [0.25, 0.3) is 0 Å². The lowest BCUT2D eigenvalue weighted by Gasteiger charge is -2.13. The number of nitrogens with two attached hydrogens (primary N) is 1. The van der Waals surface area contributed by atoms with E-state index in [0.717, 1.165) is 0 Å². The maximum absolute atomic E-state index is 11.2. The number of aliphatic hydroxyl groups is 1. The van der Waals surface area contributed by atoms with Crippen molar-refractivity contribution in [1.82, 2.24) is 10.6 Å². The van der Waals surface area contributed by atoms with Gasteiger partial charge in [-0.2, -0.15) is 0 Å². The molecule has 0 aliphatic rings. The lowest BCUT2D eigenvalue weighted by atomic mass is 10.3. The predicted octanol–water partition coefficient (Wildman–Crippen LogP) is -2.90. The van der Waals surface area contributed by atoms with Gasteiger partial charge in [0.2, 0.25) is 11.8 Å².